The fourth-order valence-electron chi connectivity index (χ4n) is 11.7. The van der Waals surface area contributed by atoms with E-state index in [1.54, 1.807) is 18.3 Å². The van der Waals surface area contributed by atoms with Crippen LogP contribution in [0, 0.1) is 33.7 Å². The number of alkyl halides is 1. The number of ether oxygens (including phenoxy) is 4. The molecule has 0 unspecified atom stereocenters. The minimum atomic E-state index is -1.44. The van der Waals surface area contributed by atoms with E-state index in [0.717, 1.165) is 119 Å². The monoisotopic (exact) mass is 1800 g/mol. The van der Waals surface area contributed by atoms with Crippen LogP contribution in [0.3, 0.4) is 0 Å². The van der Waals surface area contributed by atoms with Crippen LogP contribution in [-0.2, 0) is 24.0 Å². The van der Waals surface area contributed by atoms with E-state index in [4.69, 9.17) is 54.7 Å². The first-order chi connectivity index (χ1) is 50.4. The molecule has 0 saturated carbocycles. The summed E-state index contributed by atoms with van der Waals surface area (Å²) in [6.45, 7) is 40.2. The van der Waals surface area contributed by atoms with Crippen LogP contribution in [0.5, 0.6) is 17.2 Å². The predicted octanol–water partition coefficient (Wildman–Crippen LogP) is 13.8. The van der Waals surface area contributed by atoms with Gasteiger partial charge in [0.25, 0.3) is 0 Å². The average Bonchev–Trinajstić information content (AvgIpc) is 0.779. The molecule has 2 aliphatic heterocycles. The third-order valence-corrected chi connectivity index (χ3v) is 17.5. The minimum absolute atomic E-state index is 0. The van der Waals surface area contributed by atoms with Gasteiger partial charge in [-0.2, -0.15) is 0 Å². The van der Waals surface area contributed by atoms with Crippen molar-refractivity contribution in [3.8, 4) is 61.8 Å². The standard InChI is InChI=1S/C30H29N3O2.C18H13IN2O.C16H9IN2O.C12H17BNO3.C2H2FO3.C2H5I.2K/c1-5-34-30-27-8-6-7-26(22-9-13-24(31-4)14-10-22)29(27)32-17-28(30)23-11-15-25(16-12-23)33-18-20(2)35-21(3)19-33;1-3-22-18-15-6-4-5-14(17(15)21-11-16(18)19)12-7-9-13(20-2)10-8-12;1-18-11-7-5-10(6-8-11)12-3-2-4-13-15(12)19-9-14(17)16(13)20;1-9-7-14(8-10(2)16-9)11-3-5-12(6-4-11)17-13-15;3-1-5-6-2-4;1-2-3;;/h6-17,20-21H,5,18-19H2,1-3H3;4-11H,3H2,1H3;2-9H,(H,19,20);3-6,9-10,15H,7-8H2,1-2H3;1-2H;2H2,1H3;;/q;;;;-1;;2*+1/t20-,21+;;;9-,10+;;;;/i;;;;2D;;;. The summed E-state index contributed by atoms with van der Waals surface area (Å²) in [5.41, 5.74) is 15.1. The van der Waals surface area contributed by atoms with Crippen molar-refractivity contribution in [3.63, 3.8) is 0 Å². The molecule has 11 aromatic rings. The van der Waals surface area contributed by atoms with Gasteiger partial charge in [0.1, 0.15) is 17.2 Å². The Morgan fingerprint density at radius 3 is 1.41 bits per heavy atom. The molecule has 4 atom stereocenters. The Morgan fingerprint density at radius 2 is 0.990 bits per heavy atom. The van der Waals surface area contributed by atoms with Gasteiger partial charge in [-0.05, 0) is 175 Å². The molecule has 18 nitrogen and oxygen atoms in total. The van der Waals surface area contributed by atoms with E-state index in [-0.39, 0.29) is 139 Å². The largest absolute Gasteiger partial charge is 1.00 e. The summed E-state index contributed by atoms with van der Waals surface area (Å²) in [6.07, 6.45) is 4.99. The van der Waals surface area contributed by atoms with Crippen molar-refractivity contribution in [1.82, 2.24) is 15.0 Å². The molecule has 8 aromatic carbocycles. The molecule has 3 aromatic heterocycles. The number of carbonyl (C=O) groups excluding carboxylic acids is 1. The van der Waals surface area contributed by atoms with E-state index in [0.29, 0.717) is 52.7 Å². The fraction of sp³-hybridized carbons (Fsp3) is 0.225. The first kappa shape index (κ1) is 86.3. The number of aromatic amines is 1. The number of pyridine rings is 3. The predicted molar refractivity (Wildman–Crippen MR) is 434 cm³/mol. The van der Waals surface area contributed by atoms with Crippen LogP contribution in [-0.4, -0.2) is 102 Å². The summed E-state index contributed by atoms with van der Waals surface area (Å²) in [5.74, 6) is 2.36. The smallest absolute Gasteiger partial charge is 0.537 e. The van der Waals surface area contributed by atoms with Crippen molar-refractivity contribution >= 4 is 143 Å². The van der Waals surface area contributed by atoms with E-state index in [9.17, 15) is 14.0 Å². The molecule has 0 spiro atoms. The normalized spacial score (nSPS) is 14.8. The van der Waals surface area contributed by atoms with E-state index in [1.807, 2.05) is 176 Å². The van der Waals surface area contributed by atoms with Gasteiger partial charge in [-0.3, -0.25) is 19.6 Å². The van der Waals surface area contributed by atoms with Crippen molar-refractivity contribution in [3.05, 3.63) is 253 Å². The van der Waals surface area contributed by atoms with Crippen LogP contribution in [0.1, 0.15) is 49.8 Å². The molecular formula is C80H75BFI3K2N8O10+. The molecule has 2 fully saturated rings. The Balaban J connectivity index is 0.000000218. The van der Waals surface area contributed by atoms with Gasteiger partial charge in [-0.15, -0.1) is 0 Å². The molecule has 1 radical (unpaired) electrons. The molecule has 0 amide bonds. The zero-order valence-corrected chi connectivity index (χ0v) is 72.4. The maximum Gasteiger partial charge on any atom is 1.00 e. The number of rotatable bonds is 14. The van der Waals surface area contributed by atoms with E-state index >= 15 is 0 Å². The SMILES string of the molecule is CCI.C[C@@H]1CN(c2ccc(O[B]O)cc2)C[C@H](C)O1.[2H]C(=O)OO[CH-]F.[C-]#[N+]c1ccc(-c2cccc3c(=O)c(I)c[nH]c23)cc1.[C-]#[N+]c1ccc(-c2cccc3c(OCC)c(-c4ccc(N5C[C@@H](C)O[C@@H](C)C5)cc4)cnc23)cc1.[C-]#[N+]c1ccc(-c2cccc3c(OCC)c(I)cnc23)cc1.[K+].[K+]. The molecule has 5 heterocycles. The van der Waals surface area contributed by atoms with Gasteiger partial charge in [0.05, 0.1) is 81.0 Å². The number of hydrogen-bond acceptors (Lipinski definition) is 14. The van der Waals surface area contributed by atoms with Crippen molar-refractivity contribution < 1.29 is 152 Å². The van der Waals surface area contributed by atoms with Gasteiger partial charge in [0.2, 0.25) is 5.43 Å². The number of halogens is 4. The van der Waals surface area contributed by atoms with Crippen molar-refractivity contribution in [1.29, 1.82) is 0 Å². The third-order valence-electron chi connectivity index (χ3n) is 15.9. The number of fused-ring (bicyclic) bond motifs is 3. The minimum Gasteiger partial charge on any atom is -0.537 e. The van der Waals surface area contributed by atoms with Crippen LogP contribution in [0.15, 0.2) is 199 Å². The van der Waals surface area contributed by atoms with Crippen molar-refractivity contribution in [2.75, 3.05) is 53.6 Å². The summed E-state index contributed by atoms with van der Waals surface area (Å²) >= 11 is 6.57. The molecule has 0 aliphatic carbocycles. The van der Waals surface area contributed by atoms with Gasteiger partial charge in [0, 0.05) is 94.6 Å². The maximum absolute atomic E-state index is 12.1. The first-order valence-corrected chi connectivity index (χ1v) is 36.5. The topological polar surface area (TPSA) is 180 Å². The van der Waals surface area contributed by atoms with E-state index in [1.165, 1.54) is 10.1 Å². The zero-order chi connectivity index (χ0) is 74.7. The van der Waals surface area contributed by atoms with Crippen molar-refractivity contribution in [2.24, 2.45) is 0 Å². The quantitative estimate of drug-likeness (QED) is 0.0200. The number of carbonyl (C=O) groups is 1. The Kier molecular flexibility index (Phi) is 37.6. The number of para-hydroxylation sites is 3. The molecule has 2 N–H and O–H groups in total. The van der Waals surface area contributed by atoms with Crippen LogP contribution in [0.2, 0.25) is 0 Å². The summed E-state index contributed by atoms with van der Waals surface area (Å²) in [6, 6.07) is 56.9. The molecule has 13 rings (SSSR count). The molecule has 0 bridgehead atoms. The van der Waals surface area contributed by atoms with Crippen molar-refractivity contribution in [2.45, 2.75) is 72.9 Å². The summed E-state index contributed by atoms with van der Waals surface area (Å²) in [7, 11) is 0.688. The van der Waals surface area contributed by atoms with Gasteiger partial charge < -0.3 is 57.6 Å². The van der Waals surface area contributed by atoms with Gasteiger partial charge >= 0.3 is 117 Å². The number of hydrogen-bond donors (Lipinski definition) is 2. The molecule has 105 heavy (non-hydrogen) atoms. The number of nitrogens with zero attached hydrogens (tertiary/aromatic N) is 7. The van der Waals surface area contributed by atoms with E-state index in [2.05, 4.69) is 160 Å². The Morgan fingerprint density at radius 1 is 0.600 bits per heavy atom. The Labute approximate surface area is 740 Å². The number of nitrogens with one attached hydrogen (secondary N) is 1. The molecule has 527 valence electrons. The second-order valence-electron chi connectivity index (χ2n) is 23.1. The first-order valence-electron chi connectivity index (χ1n) is 33.3. The number of benzene rings is 8. The fourth-order valence-corrected chi connectivity index (χ4v) is 12.7. The second-order valence-corrected chi connectivity index (χ2v) is 26.9. The second kappa shape index (κ2) is 45.8. The molecule has 25 heteroatoms. The summed E-state index contributed by atoms with van der Waals surface area (Å²) in [5, 5.41) is 11.2. The van der Waals surface area contributed by atoms with Gasteiger partial charge in [-0.25, -0.2) is 14.5 Å². The number of H-pyrrole nitrogens is 1. The zero-order valence-electron chi connectivity index (χ0n) is 60.7. The van der Waals surface area contributed by atoms with E-state index < -0.39 is 6.45 Å². The van der Waals surface area contributed by atoms with Crippen LogP contribution in [0.25, 0.3) is 91.8 Å². The Hall–Kier alpha value is -5.97. The molecular weight excluding hydrogens is 1720 g/mol. The van der Waals surface area contributed by atoms with Crippen LogP contribution in [0.4, 0.5) is 32.8 Å². The van der Waals surface area contributed by atoms with Crippen LogP contribution < -0.4 is 132 Å². The summed E-state index contributed by atoms with van der Waals surface area (Å²) in [4.78, 5) is 55.7. The van der Waals surface area contributed by atoms with Crippen LogP contribution >= 0.6 is 67.8 Å². The average molecular weight is 1800 g/mol. The Bertz CT molecular complexity index is 4830. The number of anilines is 2. The number of aromatic nitrogens is 3. The van der Waals surface area contributed by atoms with Gasteiger partial charge in [0.15, 0.2) is 18.4 Å². The third kappa shape index (κ3) is 24.8. The molecule has 2 aliphatic rings. The summed E-state index contributed by atoms with van der Waals surface area (Å²) < 4.78 is 47.9. The van der Waals surface area contributed by atoms with Gasteiger partial charge in [-0.1, -0.05) is 151 Å². The molecule has 2 saturated heterocycles. The number of morpholine rings is 2. The maximum atomic E-state index is 12.1.